The van der Waals surface area contributed by atoms with Gasteiger partial charge in [-0.15, -0.1) is 0 Å². The summed E-state index contributed by atoms with van der Waals surface area (Å²) in [7, 11) is 0. The number of imide groups is 1. The Kier molecular flexibility index (Phi) is 5.68. The third kappa shape index (κ3) is 3.72. The number of fused-ring (bicyclic) bond motifs is 5. The van der Waals surface area contributed by atoms with Crippen molar-refractivity contribution < 1.29 is 24.2 Å². The molecule has 12 nitrogen and oxygen atoms in total. The number of benzene rings is 3. The van der Waals surface area contributed by atoms with E-state index in [2.05, 4.69) is 5.32 Å². The lowest BCUT2D eigenvalue weighted by Gasteiger charge is -2.36. The van der Waals surface area contributed by atoms with Crippen LogP contribution >= 0.6 is 0 Å². The van der Waals surface area contributed by atoms with E-state index in [0.717, 1.165) is 10.5 Å². The molecule has 3 aromatic carbocycles. The average Bonchev–Trinajstić information content (AvgIpc) is 3.42. The zero-order valence-corrected chi connectivity index (χ0v) is 21.0. The Morgan fingerprint density at radius 1 is 0.850 bits per heavy atom. The van der Waals surface area contributed by atoms with Gasteiger partial charge in [0.1, 0.15) is 6.04 Å². The van der Waals surface area contributed by atoms with Gasteiger partial charge in [-0.05, 0) is 36.2 Å². The van der Waals surface area contributed by atoms with E-state index in [9.17, 15) is 34.6 Å². The summed E-state index contributed by atoms with van der Waals surface area (Å²) in [6, 6.07) is 14.9. The summed E-state index contributed by atoms with van der Waals surface area (Å²) in [5.41, 5.74) is 2.00. The molecule has 3 aliphatic heterocycles. The SMILES string of the molecule is Cc1ccc([N+](=O)[O-])cc1N1C(=O)[C@@H]2[C@H](C1=O)[C@H](C(=O)Nc1ccc([N+](=O)[O-])cc1)N1c3ccccc3C=C[C@H]21. The lowest BCUT2D eigenvalue weighted by Crippen LogP contribution is -2.50. The molecule has 40 heavy (non-hydrogen) atoms. The zero-order chi connectivity index (χ0) is 28.3. The molecule has 2 fully saturated rings. The van der Waals surface area contributed by atoms with Gasteiger partial charge in [0.15, 0.2) is 0 Å². The van der Waals surface area contributed by atoms with Gasteiger partial charge in [0.25, 0.3) is 11.4 Å². The highest BCUT2D eigenvalue weighted by Crippen LogP contribution is 2.49. The first-order valence-electron chi connectivity index (χ1n) is 12.4. The van der Waals surface area contributed by atoms with Crippen LogP contribution in [0.2, 0.25) is 0 Å². The summed E-state index contributed by atoms with van der Waals surface area (Å²) >= 11 is 0. The second kappa shape index (κ2) is 9.12. The van der Waals surface area contributed by atoms with Crippen molar-refractivity contribution in [2.45, 2.75) is 19.0 Å². The van der Waals surface area contributed by atoms with Crippen molar-refractivity contribution in [2.75, 3.05) is 15.1 Å². The Morgan fingerprint density at radius 2 is 1.50 bits per heavy atom. The number of carbonyl (C=O) groups excluding carboxylic acids is 3. The van der Waals surface area contributed by atoms with Crippen LogP contribution in [0.15, 0.2) is 72.8 Å². The summed E-state index contributed by atoms with van der Waals surface area (Å²) < 4.78 is 0. The number of carbonyl (C=O) groups is 3. The van der Waals surface area contributed by atoms with Crippen LogP contribution in [-0.2, 0) is 14.4 Å². The van der Waals surface area contributed by atoms with Crippen LogP contribution in [0, 0.1) is 39.0 Å². The van der Waals surface area contributed by atoms with Gasteiger partial charge in [-0.3, -0.25) is 34.6 Å². The number of amides is 3. The van der Waals surface area contributed by atoms with E-state index in [0.29, 0.717) is 16.9 Å². The molecular weight excluding hydrogens is 518 g/mol. The average molecular weight is 540 g/mol. The van der Waals surface area contributed by atoms with Crippen LogP contribution in [0.1, 0.15) is 11.1 Å². The van der Waals surface area contributed by atoms with E-state index in [-0.39, 0.29) is 17.1 Å². The molecule has 0 saturated carbocycles. The van der Waals surface area contributed by atoms with Gasteiger partial charge in [-0.25, -0.2) is 4.90 Å². The number of aryl methyl sites for hydroxylation is 1. The number of nitrogens with zero attached hydrogens (tertiary/aromatic N) is 4. The number of non-ortho nitro benzene ring substituents is 2. The van der Waals surface area contributed by atoms with Crippen LogP contribution < -0.4 is 15.1 Å². The van der Waals surface area contributed by atoms with Gasteiger partial charge in [0, 0.05) is 35.6 Å². The smallest absolute Gasteiger partial charge is 0.271 e. The standard InChI is InChI=1S/C28H21N5O7/c1-15-6-10-19(33(39)40)14-22(15)31-27(35)23-21-13-7-16-4-2-3-5-20(16)30(21)25(24(23)28(31)36)26(34)29-17-8-11-18(12-9-17)32(37)38/h2-14,21,23-25H,1H3,(H,29,34)/t21-,23+,24+,25-/m1/s1. The maximum absolute atomic E-state index is 14.0. The third-order valence-corrected chi connectivity index (χ3v) is 7.67. The number of para-hydroxylation sites is 1. The van der Waals surface area contributed by atoms with E-state index in [1.807, 2.05) is 24.3 Å². The molecule has 6 rings (SSSR count). The van der Waals surface area contributed by atoms with Gasteiger partial charge in [-0.2, -0.15) is 0 Å². The number of nitrogens with one attached hydrogen (secondary N) is 1. The maximum Gasteiger partial charge on any atom is 0.271 e. The van der Waals surface area contributed by atoms with Gasteiger partial charge in [-0.1, -0.05) is 36.4 Å². The molecular formula is C28H21N5O7. The monoisotopic (exact) mass is 539 g/mol. The van der Waals surface area contributed by atoms with Crippen molar-refractivity contribution >= 4 is 52.2 Å². The summed E-state index contributed by atoms with van der Waals surface area (Å²) in [5, 5.41) is 25.2. The first kappa shape index (κ1) is 24.9. The van der Waals surface area contributed by atoms with Crippen molar-refractivity contribution in [3.63, 3.8) is 0 Å². The summed E-state index contributed by atoms with van der Waals surface area (Å²) in [6.07, 6.45) is 3.65. The number of rotatable bonds is 5. The Labute approximate surface area is 226 Å². The number of hydrogen-bond acceptors (Lipinski definition) is 8. The lowest BCUT2D eigenvalue weighted by atomic mass is 9.88. The van der Waals surface area contributed by atoms with Crippen LogP contribution in [0.3, 0.4) is 0 Å². The van der Waals surface area contributed by atoms with E-state index in [1.165, 1.54) is 42.5 Å². The van der Waals surface area contributed by atoms with Gasteiger partial charge in [0.05, 0.1) is 33.4 Å². The fraction of sp³-hybridized carbons (Fsp3) is 0.179. The normalized spacial score (nSPS) is 22.5. The van der Waals surface area contributed by atoms with Crippen molar-refractivity contribution in [3.05, 3.63) is 104 Å². The van der Waals surface area contributed by atoms with Gasteiger partial charge < -0.3 is 10.2 Å². The number of nitro benzene ring substituents is 2. The second-order valence-corrected chi connectivity index (χ2v) is 9.85. The largest absolute Gasteiger partial charge is 0.351 e. The van der Waals surface area contributed by atoms with Crippen LogP contribution in [0.4, 0.5) is 28.4 Å². The molecule has 0 radical (unpaired) electrons. The van der Waals surface area contributed by atoms with E-state index in [1.54, 1.807) is 24.0 Å². The zero-order valence-electron chi connectivity index (χ0n) is 21.0. The number of hydrogen-bond donors (Lipinski definition) is 1. The molecule has 0 spiro atoms. The second-order valence-electron chi connectivity index (χ2n) is 9.85. The molecule has 0 unspecified atom stereocenters. The van der Waals surface area contributed by atoms with Gasteiger partial charge >= 0.3 is 0 Å². The minimum Gasteiger partial charge on any atom is -0.351 e. The quantitative estimate of drug-likeness (QED) is 0.291. The molecule has 0 aromatic heterocycles. The molecule has 0 bridgehead atoms. The molecule has 2 saturated heterocycles. The van der Waals surface area contributed by atoms with Crippen LogP contribution in [-0.4, -0.2) is 39.7 Å². The minimum absolute atomic E-state index is 0.111. The number of anilines is 3. The van der Waals surface area contributed by atoms with E-state index >= 15 is 0 Å². The molecule has 3 aromatic rings. The van der Waals surface area contributed by atoms with E-state index < -0.39 is 51.5 Å². The molecule has 0 aliphatic carbocycles. The minimum atomic E-state index is -1.10. The Hall–Kier alpha value is -5.39. The molecule has 1 N–H and O–H groups in total. The summed E-state index contributed by atoms with van der Waals surface area (Å²) in [5.74, 6) is -3.71. The topological polar surface area (TPSA) is 156 Å². The van der Waals surface area contributed by atoms with Crippen molar-refractivity contribution in [2.24, 2.45) is 11.8 Å². The first-order chi connectivity index (χ1) is 19.2. The molecule has 200 valence electrons. The molecule has 3 amide bonds. The first-order valence-corrected chi connectivity index (χ1v) is 12.4. The Balaban J connectivity index is 1.43. The van der Waals surface area contributed by atoms with Crippen molar-refractivity contribution in [3.8, 4) is 0 Å². The fourth-order valence-corrected chi connectivity index (χ4v) is 5.89. The fourth-order valence-electron chi connectivity index (χ4n) is 5.89. The Bertz CT molecular complexity index is 1650. The summed E-state index contributed by atoms with van der Waals surface area (Å²) in [4.78, 5) is 65.8. The predicted octanol–water partition coefficient (Wildman–Crippen LogP) is 3.84. The molecule has 3 heterocycles. The molecule has 4 atom stereocenters. The number of nitro groups is 2. The van der Waals surface area contributed by atoms with Crippen molar-refractivity contribution in [1.82, 2.24) is 0 Å². The lowest BCUT2D eigenvalue weighted by molar-refractivity contribution is -0.385. The van der Waals surface area contributed by atoms with Crippen molar-refractivity contribution in [1.29, 1.82) is 0 Å². The highest BCUT2D eigenvalue weighted by molar-refractivity contribution is 6.25. The van der Waals surface area contributed by atoms with Gasteiger partial charge in [0.2, 0.25) is 17.7 Å². The third-order valence-electron chi connectivity index (χ3n) is 7.67. The maximum atomic E-state index is 14.0. The highest BCUT2D eigenvalue weighted by atomic mass is 16.6. The van der Waals surface area contributed by atoms with Crippen LogP contribution in [0.25, 0.3) is 6.08 Å². The van der Waals surface area contributed by atoms with Crippen LogP contribution in [0.5, 0.6) is 0 Å². The predicted molar refractivity (Wildman–Crippen MR) is 145 cm³/mol. The molecule has 3 aliphatic rings. The highest BCUT2D eigenvalue weighted by Gasteiger charge is 2.64. The van der Waals surface area contributed by atoms with E-state index in [4.69, 9.17) is 0 Å². The Morgan fingerprint density at radius 3 is 2.20 bits per heavy atom. The molecule has 12 heteroatoms. The summed E-state index contributed by atoms with van der Waals surface area (Å²) in [6.45, 7) is 1.65.